The smallest absolute Gasteiger partial charge is 0.229 e. The molecule has 0 heterocycles. The van der Waals surface area contributed by atoms with Crippen LogP contribution in [0.15, 0.2) is 30.3 Å². The van der Waals surface area contributed by atoms with E-state index in [1.807, 2.05) is 0 Å². The van der Waals surface area contributed by atoms with Gasteiger partial charge in [0, 0.05) is 11.1 Å². The summed E-state index contributed by atoms with van der Waals surface area (Å²) in [5.41, 5.74) is 15.0. The van der Waals surface area contributed by atoms with Crippen LogP contribution in [0.2, 0.25) is 26.2 Å². The van der Waals surface area contributed by atoms with Crippen LogP contribution in [0.1, 0.15) is 90.5 Å². The summed E-state index contributed by atoms with van der Waals surface area (Å²) in [7, 11) is -2.66. The molecule has 0 saturated carbocycles. The molecule has 0 atom stereocenters. The highest BCUT2D eigenvalue weighted by Gasteiger charge is 2.25. The summed E-state index contributed by atoms with van der Waals surface area (Å²) in [6.45, 7) is 26.7. The molecule has 2 rings (SSSR count). The molecule has 0 bridgehead atoms. The first kappa shape index (κ1) is 29.2. The summed E-state index contributed by atoms with van der Waals surface area (Å²) in [5.74, 6) is 1.88. The zero-order valence-corrected chi connectivity index (χ0v) is 26.7. The van der Waals surface area contributed by atoms with Crippen LogP contribution in [0, 0.1) is 0 Å². The fourth-order valence-electron chi connectivity index (χ4n) is 4.58. The Kier molecular flexibility index (Phi) is 9.51. The van der Waals surface area contributed by atoms with E-state index in [0.29, 0.717) is 0 Å². The first-order valence-corrected chi connectivity index (χ1v) is 18.8. The van der Waals surface area contributed by atoms with Crippen LogP contribution in [0.25, 0.3) is 11.1 Å². The first-order chi connectivity index (χ1) is 16.1. The van der Waals surface area contributed by atoms with Crippen molar-refractivity contribution in [2.45, 2.75) is 105 Å². The van der Waals surface area contributed by atoms with E-state index in [1.54, 1.807) is 0 Å². The second kappa shape index (κ2) is 11.4. The molecule has 2 aromatic carbocycles. The van der Waals surface area contributed by atoms with Gasteiger partial charge in [-0.25, -0.2) is 0 Å². The van der Waals surface area contributed by atoms with Gasteiger partial charge in [0.15, 0.2) is 0 Å². The van der Waals surface area contributed by atoms with Crippen LogP contribution in [0.4, 0.5) is 5.69 Å². The average molecular weight is 512 g/mol. The molecule has 0 saturated heterocycles. The molecule has 0 unspecified atom stereocenters. The van der Waals surface area contributed by atoms with Crippen molar-refractivity contribution in [3.63, 3.8) is 0 Å². The van der Waals surface area contributed by atoms with Crippen molar-refractivity contribution < 1.29 is 8.85 Å². The van der Waals surface area contributed by atoms with Crippen molar-refractivity contribution in [1.82, 2.24) is 0 Å². The van der Waals surface area contributed by atoms with Crippen molar-refractivity contribution in [3.8, 4) is 11.5 Å². The molecule has 2 aromatic rings. The van der Waals surface area contributed by atoms with Gasteiger partial charge < -0.3 is 14.6 Å². The molecule has 0 aliphatic rings. The fraction of sp³-hybridized carbons (Fsp3) is 0.533. The summed E-state index contributed by atoms with van der Waals surface area (Å²) < 4.78 is 13.1. The second-order valence-corrected chi connectivity index (χ2v) is 16.8. The number of benzene rings is 2. The SMILES string of the molecule is CCC(=C(CC)c1ccc(C(C)(C)C)c(N)c1O[SiH](C)C)c1ccc(C(C)(C)C)cc1O[SiH](C)C. The molecular weight excluding hydrogens is 463 g/mol. The third-order valence-corrected chi connectivity index (χ3v) is 7.72. The van der Waals surface area contributed by atoms with Crippen LogP contribution in [-0.2, 0) is 10.8 Å². The molecule has 5 heteroatoms. The van der Waals surface area contributed by atoms with Crippen molar-refractivity contribution in [2.75, 3.05) is 5.73 Å². The van der Waals surface area contributed by atoms with Crippen LogP contribution in [0.3, 0.4) is 0 Å². The third-order valence-electron chi connectivity index (χ3n) is 6.29. The largest absolute Gasteiger partial charge is 0.547 e. The van der Waals surface area contributed by atoms with Gasteiger partial charge in [-0.05, 0) is 78.2 Å². The van der Waals surface area contributed by atoms with E-state index in [4.69, 9.17) is 14.6 Å². The lowest BCUT2D eigenvalue weighted by atomic mass is 9.82. The van der Waals surface area contributed by atoms with Gasteiger partial charge in [-0.1, -0.05) is 79.7 Å². The van der Waals surface area contributed by atoms with Gasteiger partial charge in [0.25, 0.3) is 0 Å². The predicted molar refractivity (Wildman–Crippen MR) is 161 cm³/mol. The number of rotatable bonds is 8. The van der Waals surface area contributed by atoms with Gasteiger partial charge in [0.2, 0.25) is 18.1 Å². The summed E-state index contributed by atoms with van der Waals surface area (Å²) >= 11 is 0. The highest BCUT2D eigenvalue weighted by atomic mass is 28.3. The minimum absolute atomic E-state index is 0.0470. The maximum Gasteiger partial charge on any atom is 0.229 e. The summed E-state index contributed by atoms with van der Waals surface area (Å²) in [6, 6.07) is 11.2. The maximum atomic E-state index is 6.81. The van der Waals surface area contributed by atoms with Gasteiger partial charge in [-0.3, -0.25) is 0 Å². The quantitative estimate of drug-likeness (QED) is 0.220. The zero-order valence-electron chi connectivity index (χ0n) is 24.3. The molecule has 0 aliphatic heterocycles. The lowest BCUT2D eigenvalue weighted by Crippen LogP contribution is -2.19. The second-order valence-electron chi connectivity index (χ2n) is 12.1. The van der Waals surface area contributed by atoms with E-state index in [0.717, 1.165) is 41.2 Å². The van der Waals surface area contributed by atoms with Crippen molar-refractivity contribution in [1.29, 1.82) is 0 Å². The molecular formula is C30H49NO2Si2. The van der Waals surface area contributed by atoms with Crippen molar-refractivity contribution in [3.05, 3.63) is 52.6 Å². The minimum Gasteiger partial charge on any atom is -0.547 e. The predicted octanol–water partition coefficient (Wildman–Crippen LogP) is 8.32. The Labute approximate surface area is 218 Å². The number of allylic oxidation sites excluding steroid dienone is 2. The van der Waals surface area contributed by atoms with Gasteiger partial charge in [0.1, 0.15) is 11.5 Å². The Balaban J connectivity index is 2.89. The highest BCUT2D eigenvalue weighted by molar-refractivity contribution is 6.49. The Hall–Kier alpha value is -1.99. The minimum atomic E-state index is -1.37. The molecule has 0 aromatic heterocycles. The number of hydrogen-bond donors (Lipinski definition) is 1. The summed E-state index contributed by atoms with van der Waals surface area (Å²) in [6.07, 6.45) is 1.81. The topological polar surface area (TPSA) is 44.5 Å². The van der Waals surface area contributed by atoms with Crippen LogP contribution >= 0.6 is 0 Å². The van der Waals surface area contributed by atoms with Crippen LogP contribution in [0.5, 0.6) is 11.5 Å². The Morgan fingerprint density at radius 2 is 1.26 bits per heavy atom. The van der Waals surface area contributed by atoms with Crippen molar-refractivity contribution >= 4 is 34.9 Å². The van der Waals surface area contributed by atoms with E-state index < -0.39 is 18.1 Å². The van der Waals surface area contributed by atoms with E-state index >= 15 is 0 Å². The molecule has 0 amide bonds. The molecule has 194 valence electrons. The van der Waals surface area contributed by atoms with Gasteiger partial charge >= 0.3 is 0 Å². The molecule has 2 N–H and O–H groups in total. The monoisotopic (exact) mass is 511 g/mol. The summed E-state index contributed by atoms with van der Waals surface area (Å²) in [4.78, 5) is 0. The van der Waals surface area contributed by atoms with Gasteiger partial charge in [-0.2, -0.15) is 0 Å². The van der Waals surface area contributed by atoms with E-state index in [1.165, 1.54) is 22.3 Å². The molecule has 0 fully saturated rings. The highest BCUT2D eigenvalue weighted by Crippen LogP contribution is 2.45. The number of nitrogen functional groups attached to an aromatic ring is 1. The van der Waals surface area contributed by atoms with E-state index in [-0.39, 0.29) is 10.8 Å². The zero-order chi connectivity index (χ0) is 26.7. The number of hydrogen-bond acceptors (Lipinski definition) is 3. The average Bonchev–Trinajstić information content (AvgIpc) is 2.71. The standard InChI is InChI=1S/C30H49NO2Si2/c1-13-21(23-16-15-20(29(3,4)5)19-26(23)32-34(9)10)22(14-2)24-17-18-25(30(6,7)8)27(31)28(24)33-35(11)12/h15-19,34-35H,13-14,31H2,1-12H3. The van der Waals surface area contributed by atoms with Gasteiger partial charge in [-0.15, -0.1) is 0 Å². The molecule has 0 aliphatic carbocycles. The van der Waals surface area contributed by atoms with E-state index in [9.17, 15) is 0 Å². The lowest BCUT2D eigenvalue weighted by molar-refractivity contribution is 0.558. The first-order valence-electron chi connectivity index (χ1n) is 13.2. The fourth-order valence-corrected chi connectivity index (χ4v) is 6.00. The molecule has 0 radical (unpaired) electrons. The maximum absolute atomic E-state index is 6.81. The third kappa shape index (κ3) is 7.04. The lowest BCUT2D eigenvalue weighted by Gasteiger charge is -2.28. The molecule has 3 nitrogen and oxygen atoms in total. The number of nitrogens with two attached hydrogens (primary N) is 1. The molecule has 0 spiro atoms. The Morgan fingerprint density at radius 1 is 0.743 bits per heavy atom. The normalized spacial score (nSPS) is 13.3. The molecule has 35 heavy (non-hydrogen) atoms. The van der Waals surface area contributed by atoms with E-state index in [2.05, 4.69) is 112 Å². The Morgan fingerprint density at radius 3 is 1.71 bits per heavy atom. The Bertz CT molecular complexity index is 1060. The summed E-state index contributed by atoms with van der Waals surface area (Å²) in [5, 5.41) is 0. The number of anilines is 1. The van der Waals surface area contributed by atoms with Crippen LogP contribution in [-0.4, -0.2) is 18.1 Å². The van der Waals surface area contributed by atoms with Gasteiger partial charge in [0.05, 0.1) is 5.69 Å². The van der Waals surface area contributed by atoms with Crippen LogP contribution < -0.4 is 14.6 Å². The van der Waals surface area contributed by atoms with Crippen molar-refractivity contribution in [2.24, 2.45) is 0 Å².